The van der Waals surface area contributed by atoms with Gasteiger partial charge in [-0.05, 0) is 52.9 Å². The highest BCUT2D eigenvalue weighted by atomic mass is 16.6. The Morgan fingerprint density at radius 3 is 2.43 bits per heavy atom. The van der Waals surface area contributed by atoms with Gasteiger partial charge < -0.3 is 15.4 Å². The zero-order valence-corrected chi connectivity index (χ0v) is 13.8. The second-order valence-electron chi connectivity index (χ2n) is 6.60. The molecule has 1 fully saturated rings. The molecule has 0 aliphatic heterocycles. The van der Waals surface area contributed by atoms with Gasteiger partial charge in [0, 0.05) is 18.2 Å². The Bertz CT molecular complexity index is 406. The van der Waals surface area contributed by atoms with Crippen LogP contribution in [0.3, 0.4) is 0 Å². The van der Waals surface area contributed by atoms with Crippen molar-refractivity contribution < 1.29 is 14.3 Å². The van der Waals surface area contributed by atoms with Crippen molar-refractivity contribution >= 4 is 12.0 Å². The molecule has 2 amide bonds. The molecule has 1 unspecified atom stereocenters. The molecule has 0 heterocycles. The van der Waals surface area contributed by atoms with Gasteiger partial charge in [0.1, 0.15) is 5.60 Å². The molecule has 2 N–H and O–H groups in total. The van der Waals surface area contributed by atoms with E-state index in [9.17, 15) is 9.59 Å². The summed E-state index contributed by atoms with van der Waals surface area (Å²) in [6.07, 6.45) is 4.49. The number of hydrogen-bond donors (Lipinski definition) is 2. The van der Waals surface area contributed by atoms with Gasteiger partial charge in [0.15, 0.2) is 0 Å². The molecular formula is C16H28N2O3. The van der Waals surface area contributed by atoms with Gasteiger partial charge >= 0.3 is 6.09 Å². The summed E-state index contributed by atoms with van der Waals surface area (Å²) in [5.74, 6) is 0.401. The van der Waals surface area contributed by atoms with Crippen molar-refractivity contribution in [3.8, 4) is 0 Å². The van der Waals surface area contributed by atoms with Crippen molar-refractivity contribution in [3.05, 3.63) is 11.6 Å². The van der Waals surface area contributed by atoms with E-state index in [4.69, 9.17) is 4.74 Å². The van der Waals surface area contributed by atoms with E-state index < -0.39 is 11.7 Å². The van der Waals surface area contributed by atoms with Crippen LogP contribution in [-0.4, -0.2) is 30.2 Å². The summed E-state index contributed by atoms with van der Waals surface area (Å²) in [4.78, 5) is 23.7. The summed E-state index contributed by atoms with van der Waals surface area (Å²) in [7, 11) is 0. The van der Waals surface area contributed by atoms with Gasteiger partial charge in [-0.3, -0.25) is 4.79 Å². The fourth-order valence-corrected chi connectivity index (χ4v) is 2.02. The molecule has 0 radical (unpaired) electrons. The molecule has 0 aromatic heterocycles. The number of nitrogens with one attached hydrogen (secondary N) is 2. The van der Waals surface area contributed by atoms with Crippen LogP contribution >= 0.6 is 0 Å². The van der Waals surface area contributed by atoms with Gasteiger partial charge in [0.2, 0.25) is 5.91 Å². The average molecular weight is 296 g/mol. The molecule has 5 heteroatoms. The highest BCUT2D eigenvalue weighted by Gasteiger charge is 2.33. The normalized spacial score (nSPS) is 17.1. The highest BCUT2D eigenvalue weighted by molar-refractivity contribution is 5.93. The molecule has 1 aliphatic rings. The molecule has 0 aromatic carbocycles. The number of ether oxygens (including phenoxy) is 1. The lowest BCUT2D eigenvalue weighted by Crippen LogP contribution is -2.46. The zero-order valence-electron chi connectivity index (χ0n) is 13.8. The molecular weight excluding hydrogens is 268 g/mol. The Labute approximate surface area is 127 Å². The Balaban J connectivity index is 2.46. The Kier molecular flexibility index (Phi) is 6.24. The molecule has 0 saturated heterocycles. The molecule has 21 heavy (non-hydrogen) atoms. The molecule has 120 valence electrons. The number of alkyl carbamates (subject to hydrolysis) is 1. The lowest BCUT2D eigenvalue weighted by Gasteiger charge is -2.22. The SMILES string of the molecule is CCC=C(C)C(=O)NC(CNC(=O)OC(C)(C)C)C1CC1. The second kappa shape index (κ2) is 7.48. The fraction of sp³-hybridized carbons (Fsp3) is 0.750. The largest absolute Gasteiger partial charge is 0.444 e. The van der Waals surface area contributed by atoms with E-state index in [1.165, 1.54) is 0 Å². The van der Waals surface area contributed by atoms with E-state index in [2.05, 4.69) is 10.6 Å². The quantitative estimate of drug-likeness (QED) is 0.741. The molecule has 1 atom stereocenters. The van der Waals surface area contributed by atoms with E-state index in [0.29, 0.717) is 12.5 Å². The second-order valence-corrected chi connectivity index (χ2v) is 6.60. The maximum Gasteiger partial charge on any atom is 0.407 e. The van der Waals surface area contributed by atoms with Crippen molar-refractivity contribution in [1.82, 2.24) is 10.6 Å². The number of rotatable bonds is 6. The van der Waals surface area contributed by atoms with Crippen molar-refractivity contribution in [2.45, 2.75) is 65.5 Å². The predicted molar refractivity (Wildman–Crippen MR) is 82.9 cm³/mol. The van der Waals surface area contributed by atoms with Gasteiger partial charge in [-0.25, -0.2) is 4.79 Å². The average Bonchev–Trinajstić information content (AvgIpc) is 3.16. The van der Waals surface area contributed by atoms with Crippen LogP contribution in [0, 0.1) is 5.92 Å². The smallest absolute Gasteiger partial charge is 0.407 e. The minimum absolute atomic E-state index is 0.0229. The highest BCUT2D eigenvalue weighted by Crippen LogP contribution is 2.32. The third-order valence-electron chi connectivity index (χ3n) is 3.24. The maximum absolute atomic E-state index is 12.0. The Morgan fingerprint density at radius 2 is 1.95 bits per heavy atom. The van der Waals surface area contributed by atoms with Crippen molar-refractivity contribution in [1.29, 1.82) is 0 Å². The van der Waals surface area contributed by atoms with Crippen LogP contribution in [0.15, 0.2) is 11.6 Å². The van der Waals surface area contributed by atoms with E-state index in [-0.39, 0.29) is 11.9 Å². The van der Waals surface area contributed by atoms with E-state index in [0.717, 1.165) is 24.8 Å². The van der Waals surface area contributed by atoms with Gasteiger partial charge in [-0.2, -0.15) is 0 Å². The van der Waals surface area contributed by atoms with Gasteiger partial charge in [-0.1, -0.05) is 13.0 Å². The van der Waals surface area contributed by atoms with E-state index >= 15 is 0 Å². The van der Waals surface area contributed by atoms with Crippen LogP contribution in [0.4, 0.5) is 4.79 Å². The number of hydrogen-bond acceptors (Lipinski definition) is 3. The lowest BCUT2D eigenvalue weighted by atomic mass is 10.1. The van der Waals surface area contributed by atoms with Crippen molar-refractivity contribution in [2.75, 3.05) is 6.54 Å². The third-order valence-corrected chi connectivity index (χ3v) is 3.24. The first kappa shape index (κ1) is 17.5. The topological polar surface area (TPSA) is 67.4 Å². The van der Waals surface area contributed by atoms with Gasteiger partial charge in [0.25, 0.3) is 0 Å². The lowest BCUT2D eigenvalue weighted by molar-refractivity contribution is -0.118. The molecule has 0 spiro atoms. The van der Waals surface area contributed by atoms with Crippen molar-refractivity contribution in [3.63, 3.8) is 0 Å². The first-order chi connectivity index (χ1) is 9.73. The van der Waals surface area contributed by atoms with Crippen LogP contribution in [0.25, 0.3) is 0 Å². The summed E-state index contributed by atoms with van der Waals surface area (Å²) in [6.45, 7) is 9.69. The number of carbonyl (C=O) groups is 2. The van der Waals surface area contributed by atoms with Crippen LogP contribution in [0.1, 0.15) is 53.9 Å². The van der Waals surface area contributed by atoms with Crippen LogP contribution < -0.4 is 10.6 Å². The fourth-order valence-electron chi connectivity index (χ4n) is 2.02. The number of carbonyl (C=O) groups excluding carboxylic acids is 2. The number of allylic oxidation sites excluding steroid dienone is 1. The summed E-state index contributed by atoms with van der Waals surface area (Å²) in [5.41, 5.74) is 0.212. The zero-order chi connectivity index (χ0) is 16.0. The van der Waals surface area contributed by atoms with Crippen molar-refractivity contribution in [2.24, 2.45) is 5.92 Å². The third kappa shape index (κ3) is 7.16. The molecule has 1 aliphatic carbocycles. The predicted octanol–water partition coefficient (Wildman–Crippen LogP) is 2.76. The number of amides is 2. The Morgan fingerprint density at radius 1 is 1.33 bits per heavy atom. The molecule has 0 aromatic rings. The molecule has 5 nitrogen and oxygen atoms in total. The summed E-state index contributed by atoms with van der Waals surface area (Å²) in [5, 5.41) is 5.75. The van der Waals surface area contributed by atoms with Gasteiger partial charge in [0.05, 0.1) is 0 Å². The standard InChI is InChI=1S/C16H28N2O3/c1-6-7-11(2)14(19)18-13(12-8-9-12)10-17-15(20)21-16(3,4)5/h7,12-13H,6,8-10H2,1-5H3,(H,17,20)(H,18,19). The first-order valence-corrected chi connectivity index (χ1v) is 7.67. The first-order valence-electron chi connectivity index (χ1n) is 7.67. The molecule has 1 rings (SSSR count). The summed E-state index contributed by atoms with van der Waals surface area (Å²) < 4.78 is 5.21. The monoisotopic (exact) mass is 296 g/mol. The van der Waals surface area contributed by atoms with E-state index in [1.807, 2.05) is 40.7 Å². The van der Waals surface area contributed by atoms with Crippen LogP contribution in [-0.2, 0) is 9.53 Å². The molecule has 0 bridgehead atoms. The molecule has 1 saturated carbocycles. The van der Waals surface area contributed by atoms with Crippen LogP contribution in [0.2, 0.25) is 0 Å². The summed E-state index contributed by atoms with van der Waals surface area (Å²) >= 11 is 0. The Hall–Kier alpha value is -1.52. The van der Waals surface area contributed by atoms with Gasteiger partial charge in [-0.15, -0.1) is 0 Å². The minimum Gasteiger partial charge on any atom is -0.444 e. The van der Waals surface area contributed by atoms with Crippen LogP contribution in [0.5, 0.6) is 0 Å². The minimum atomic E-state index is -0.511. The maximum atomic E-state index is 12.0. The summed E-state index contributed by atoms with van der Waals surface area (Å²) in [6, 6.07) is -0.0229. The van der Waals surface area contributed by atoms with E-state index in [1.54, 1.807) is 0 Å².